The maximum atomic E-state index is 13.4. The molecule has 0 spiro atoms. The van der Waals surface area contributed by atoms with Gasteiger partial charge in [-0.3, -0.25) is 0 Å². The molecule has 3 nitrogen and oxygen atoms in total. The molecule has 1 N–H and O–H groups in total. The Balaban J connectivity index is 2.08. The van der Waals surface area contributed by atoms with Crippen molar-refractivity contribution in [2.75, 3.05) is 6.54 Å². The number of benzene rings is 2. The third-order valence-electron chi connectivity index (χ3n) is 2.83. The molecule has 21 heavy (non-hydrogen) atoms. The van der Waals surface area contributed by atoms with Crippen molar-refractivity contribution in [2.45, 2.75) is 11.3 Å². The molecule has 0 aromatic heterocycles. The van der Waals surface area contributed by atoms with Crippen LogP contribution in [0, 0.1) is 17.5 Å². The van der Waals surface area contributed by atoms with Gasteiger partial charge in [0.05, 0.1) is 0 Å². The molecule has 0 bridgehead atoms. The molecule has 0 fully saturated rings. The monoisotopic (exact) mass is 315 g/mol. The van der Waals surface area contributed by atoms with Gasteiger partial charge in [-0.1, -0.05) is 18.2 Å². The van der Waals surface area contributed by atoms with Gasteiger partial charge in [-0.25, -0.2) is 26.3 Å². The van der Waals surface area contributed by atoms with Crippen LogP contribution < -0.4 is 4.72 Å². The summed E-state index contributed by atoms with van der Waals surface area (Å²) in [5.41, 5.74) is 0.333. The summed E-state index contributed by atoms with van der Waals surface area (Å²) < 4.78 is 65.7. The normalized spacial score (nSPS) is 11.6. The molecule has 2 rings (SSSR count). The van der Waals surface area contributed by atoms with Gasteiger partial charge in [-0.2, -0.15) is 0 Å². The van der Waals surface area contributed by atoms with Gasteiger partial charge in [0, 0.05) is 6.54 Å². The van der Waals surface area contributed by atoms with Crippen LogP contribution in [0.2, 0.25) is 0 Å². The predicted molar refractivity (Wildman–Crippen MR) is 71.7 cm³/mol. The average Bonchev–Trinajstić information content (AvgIpc) is 2.43. The van der Waals surface area contributed by atoms with Crippen LogP contribution in [0.1, 0.15) is 5.56 Å². The van der Waals surface area contributed by atoms with Crippen LogP contribution in [0.15, 0.2) is 47.4 Å². The van der Waals surface area contributed by atoms with Crippen LogP contribution in [-0.2, 0) is 16.4 Å². The molecule has 0 aliphatic carbocycles. The van der Waals surface area contributed by atoms with Gasteiger partial charge < -0.3 is 0 Å². The van der Waals surface area contributed by atoms with Crippen LogP contribution in [0.25, 0.3) is 0 Å². The zero-order valence-electron chi connectivity index (χ0n) is 10.8. The molecule has 7 heteroatoms. The summed E-state index contributed by atoms with van der Waals surface area (Å²) in [6, 6.07) is 8.09. The van der Waals surface area contributed by atoms with Crippen molar-refractivity contribution >= 4 is 10.0 Å². The Labute approximate surface area is 120 Å². The van der Waals surface area contributed by atoms with Gasteiger partial charge in [-0.05, 0) is 36.2 Å². The third kappa shape index (κ3) is 3.83. The Hall–Kier alpha value is -1.86. The van der Waals surface area contributed by atoms with Gasteiger partial charge in [-0.15, -0.1) is 0 Å². The second-order valence-electron chi connectivity index (χ2n) is 4.31. The van der Waals surface area contributed by atoms with Gasteiger partial charge >= 0.3 is 0 Å². The summed E-state index contributed by atoms with van der Waals surface area (Å²) in [6.45, 7) is -0.126. The van der Waals surface area contributed by atoms with Crippen LogP contribution >= 0.6 is 0 Å². The van der Waals surface area contributed by atoms with Gasteiger partial charge in [0.2, 0.25) is 10.0 Å². The topological polar surface area (TPSA) is 46.2 Å². The van der Waals surface area contributed by atoms with E-state index >= 15 is 0 Å². The molecule has 0 unspecified atom stereocenters. The van der Waals surface area contributed by atoms with E-state index < -0.39 is 32.4 Å². The van der Waals surface area contributed by atoms with Crippen molar-refractivity contribution in [2.24, 2.45) is 0 Å². The summed E-state index contributed by atoms with van der Waals surface area (Å²) >= 11 is 0. The predicted octanol–water partition coefficient (Wildman–Crippen LogP) is 2.62. The lowest BCUT2D eigenvalue weighted by Crippen LogP contribution is -2.27. The SMILES string of the molecule is O=S(=O)(NCCc1ccccc1F)c1cc(F)ccc1F. The van der Waals surface area contributed by atoms with Crippen LogP contribution in [-0.4, -0.2) is 15.0 Å². The van der Waals surface area contributed by atoms with E-state index in [1.807, 2.05) is 0 Å². The fraction of sp³-hybridized carbons (Fsp3) is 0.143. The average molecular weight is 315 g/mol. The molecule has 0 heterocycles. The van der Waals surface area contributed by atoms with E-state index in [1.54, 1.807) is 6.07 Å². The molecular formula is C14H12F3NO2S. The molecule has 2 aromatic carbocycles. The zero-order chi connectivity index (χ0) is 15.5. The minimum Gasteiger partial charge on any atom is -0.211 e. The molecular weight excluding hydrogens is 303 g/mol. The maximum absolute atomic E-state index is 13.4. The first-order valence-electron chi connectivity index (χ1n) is 6.08. The highest BCUT2D eigenvalue weighted by atomic mass is 32.2. The van der Waals surface area contributed by atoms with Crippen molar-refractivity contribution in [3.63, 3.8) is 0 Å². The largest absolute Gasteiger partial charge is 0.243 e. The first kappa shape index (κ1) is 15.5. The van der Waals surface area contributed by atoms with Crippen LogP contribution in [0.5, 0.6) is 0 Å². The molecule has 0 atom stereocenters. The zero-order valence-corrected chi connectivity index (χ0v) is 11.6. The molecule has 0 saturated heterocycles. The van der Waals surface area contributed by atoms with Crippen LogP contribution in [0.4, 0.5) is 13.2 Å². The first-order valence-corrected chi connectivity index (χ1v) is 7.56. The van der Waals surface area contributed by atoms with E-state index in [-0.39, 0.29) is 13.0 Å². The molecule has 0 amide bonds. The Morgan fingerprint density at radius 1 is 0.952 bits per heavy atom. The van der Waals surface area contributed by atoms with E-state index in [1.165, 1.54) is 18.2 Å². The van der Waals surface area contributed by atoms with E-state index in [9.17, 15) is 21.6 Å². The number of halogens is 3. The number of sulfonamides is 1. The lowest BCUT2D eigenvalue weighted by atomic mass is 10.1. The van der Waals surface area contributed by atoms with Crippen molar-refractivity contribution in [1.82, 2.24) is 4.72 Å². The van der Waals surface area contributed by atoms with E-state index in [0.29, 0.717) is 11.6 Å². The Kier molecular flexibility index (Phi) is 4.64. The first-order chi connectivity index (χ1) is 9.90. The highest BCUT2D eigenvalue weighted by molar-refractivity contribution is 7.89. The number of hydrogen-bond acceptors (Lipinski definition) is 2. The molecule has 0 radical (unpaired) electrons. The number of nitrogens with one attached hydrogen (secondary N) is 1. The lowest BCUT2D eigenvalue weighted by Gasteiger charge is -2.08. The van der Waals surface area contributed by atoms with Crippen molar-refractivity contribution in [1.29, 1.82) is 0 Å². The summed E-state index contributed by atoms with van der Waals surface area (Å²) in [5.74, 6) is -2.35. The molecule has 0 aliphatic heterocycles. The van der Waals surface area contributed by atoms with E-state index in [0.717, 1.165) is 12.1 Å². The summed E-state index contributed by atoms with van der Waals surface area (Å²) in [5, 5.41) is 0. The molecule has 112 valence electrons. The Bertz CT molecular complexity index is 748. The standard InChI is InChI=1S/C14H12F3NO2S/c15-11-5-6-13(17)14(9-11)21(19,20)18-8-7-10-3-1-2-4-12(10)16/h1-6,9,18H,7-8H2. The second kappa shape index (κ2) is 6.28. The fourth-order valence-corrected chi connectivity index (χ4v) is 2.90. The van der Waals surface area contributed by atoms with Crippen molar-refractivity contribution in [3.05, 3.63) is 65.5 Å². The van der Waals surface area contributed by atoms with Gasteiger partial charge in [0.1, 0.15) is 22.3 Å². The summed E-state index contributed by atoms with van der Waals surface area (Å²) in [7, 11) is -4.18. The molecule has 0 saturated carbocycles. The second-order valence-corrected chi connectivity index (χ2v) is 6.05. The quantitative estimate of drug-likeness (QED) is 0.922. The smallest absolute Gasteiger partial charge is 0.211 e. The number of hydrogen-bond donors (Lipinski definition) is 1. The summed E-state index contributed by atoms with van der Waals surface area (Å²) in [6.07, 6.45) is 0.100. The third-order valence-corrected chi connectivity index (χ3v) is 4.30. The van der Waals surface area contributed by atoms with Crippen molar-refractivity contribution in [3.8, 4) is 0 Å². The van der Waals surface area contributed by atoms with Crippen molar-refractivity contribution < 1.29 is 21.6 Å². The maximum Gasteiger partial charge on any atom is 0.243 e. The number of rotatable bonds is 5. The molecule has 0 aliphatic rings. The highest BCUT2D eigenvalue weighted by Gasteiger charge is 2.19. The fourth-order valence-electron chi connectivity index (χ4n) is 1.78. The Morgan fingerprint density at radius 2 is 1.67 bits per heavy atom. The minimum atomic E-state index is -4.18. The Morgan fingerprint density at radius 3 is 2.38 bits per heavy atom. The molecule has 2 aromatic rings. The minimum absolute atomic E-state index is 0.100. The lowest BCUT2D eigenvalue weighted by molar-refractivity contribution is 0.545. The van der Waals surface area contributed by atoms with E-state index in [2.05, 4.69) is 4.72 Å². The van der Waals surface area contributed by atoms with Gasteiger partial charge in [0.25, 0.3) is 0 Å². The summed E-state index contributed by atoms with van der Waals surface area (Å²) in [4.78, 5) is -0.768. The van der Waals surface area contributed by atoms with Crippen LogP contribution in [0.3, 0.4) is 0 Å². The highest BCUT2D eigenvalue weighted by Crippen LogP contribution is 2.15. The van der Waals surface area contributed by atoms with Gasteiger partial charge in [0.15, 0.2) is 0 Å². The van der Waals surface area contributed by atoms with E-state index in [4.69, 9.17) is 0 Å².